The van der Waals surface area contributed by atoms with Crippen molar-refractivity contribution in [2.75, 3.05) is 47.4 Å². The van der Waals surface area contributed by atoms with Crippen LogP contribution < -0.4 is 0 Å². The molecule has 6 nitrogen and oxygen atoms in total. The number of likely N-dealkylation sites (tertiary alicyclic amines) is 1. The summed E-state index contributed by atoms with van der Waals surface area (Å²) in [5, 5.41) is 0. The van der Waals surface area contributed by atoms with Crippen molar-refractivity contribution in [1.82, 2.24) is 14.7 Å². The van der Waals surface area contributed by atoms with E-state index in [0.29, 0.717) is 24.8 Å². The van der Waals surface area contributed by atoms with Crippen LogP contribution in [0, 0.1) is 0 Å². The van der Waals surface area contributed by atoms with Crippen LogP contribution in [0.5, 0.6) is 0 Å². The van der Waals surface area contributed by atoms with Gasteiger partial charge >= 0.3 is 0 Å². The fraction of sp³-hybridized carbons (Fsp3) is 0.440. The van der Waals surface area contributed by atoms with E-state index in [-0.39, 0.29) is 17.9 Å². The van der Waals surface area contributed by atoms with Gasteiger partial charge in [-0.3, -0.25) is 9.59 Å². The highest BCUT2D eigenvalue weighted by Gasteiger charge is 2.46. The van der Waals surface area contributed by atoms with Crippen LogP contribution in [0.25, 0.3) is 0 Å². The number of likely N-dealkylation sites (N-methyl/N-ethyl adjacent to an activating group) is 1. The molecule has 31 heavy (non-hydrogen) atoms. The topological polar surface area (TPSA) is 53.1 Å². The molecule has 164 valence electrons. The zero-order chi connectivity index (χ0) is 22.0. The van der Waals surface area contributed by atoms with Crippen LogP contribution in [-0.2, 0) is 9.53 Å². The standard InChI is InChI=1S/C25H31N3O3/c1-26(2)19-13-14-27(17-19)25(30)22-20-11-7-8-12-21(20)24(29)28(15-16-31-3)23(22)18-9-5-4-6-10-18/h4-12,19,22-23H,13-17H2,1-3H3. The molecule has 0 N–H and O–H groups in total. The van der Waals surface area contributed by atoms with Crippen molar-refractivity contribution in [3.63, 3.8) is 0 Å². The zero-order valence-electron chi connectivity index (χ0n) is 18.5. The summed E-state index contributed by atoms with van der Waals surface area (Å²) in [6.45, 7) is 2.32. The van der Waals surface area contributed by atoms with E-state index >= 15 is 0 Å². The lowest BCUT2D eigenvalue weighted by molar-refractivity contribution is -0.133. The lowest BCUT2D eigenvalue weighted by atomic mass is 9.79. The van der Waals surface area contributed by atoms with Crippen LogP contribution in [0.2, 0.25) is 0 Å². The van der Waals surface area contributed by atoms with Gasteiger partial charge < -0.3 is 19.4 Å². The molecule has 2 amide bonds. The van der Waals surface area contributed by atoms with Gasteiger partial charge in [0.2, 0.25) is 5.91 Å². The SMILES string of the molecule is COCCN1C(=O)c2ccccc2C(C(=O)N2CCC(N(C)C)C2)C1c1ccccc1. The van der Waals surface area contributed by atoms with Gasteiger partial charge in [-0.25, -0.2) is 0 Å². The fourth-order valence-corrected chi connectivity index (χ4v) is 4.88. The van der Waals surface area contributed by atoms with Crippen LogP contribution in [0.1, 0.15) is 39.9 Å². The average Bonchev–Trinajstić information content (AvgIpc) is 3.29. The quantitative estimate of drug-likeness (QED) is 0.720. The minimum Gasteiger partial charge on any atom is -0.383 e. The van der Waals surface area contributed by atoms with Crippen molar-refractivity contribution in [1.29, 1.82) is 0 Å². The number of hydrogen-bond acceptors (Lipinski definition) is 4. The van der Waals surface area contributed by atoms with E-state index in [9.17, 15) is 9.59 Å². The Hall–Kier alpha value is -2.70. The molecular formula is C25H31N3O3. The van der Waals surface area contributed by atoms with Gasteiger partial charge in [-0.2, -0.15) is 0 Å². The highest BCUT2D eigenvalue weighted by Crippen LogP contribution is 2.44. The molecule has 0 aromatic heterocycles. The predicted octanol–water partition coefficient (Wildman–Crippen LogP) is 2.78. The molecular weight excluding hydrogens is 390 g/mol. The fourth-order valence-electron chi connectivity index (χ4n) is 4.88. The summed E-state index contributed by atoms with van der Waals surface area (Å²) < 4.78 is 5.31. The first-order chi connectivity index (χ1) is 15.0. The summed E-state index contributed by atoms with van der Waals surface area (Å²) in [5.41, 5.74) is 2.42. The Morgan fingerprint density at radius 3 is 2.48 bits per heavy atom. The van der Waals surface area contributed by atoms with Crippen LogP contribution in [-0.4, -0.2) is 80.0 Å². The number of amides is 2. The van der Waals surface area contributed by atoms with Gasteiger partial charge in [0.15, 0.2) is 0 Å². The molecule has 4 rings (SSSR count). The van der Waals surface area contributed by atoms with Gasteiger partial charge in [0.05, 0.1) is 18.6 Å². The van der Waals surface area contributed by atoms with Crippen molar-refractivity contribution in [3.05, 3.63) is 71.3 Å². The molecule has 2 aromatic rings. The second-order valence-electron chi connectivity index (χ2n) is 8.60. The van der Waals surface area contributed by atoms with Crippen LogP contribution in [0.3, 0.4) is 0 Å². The molecule has 1 saturated heterocycles. The summed E-state index contributed by atoms with van der Waals surface area (Å²) in [7, 11) is 5.76. The number of fused-ring (bicyclic) bond motifs is 1. The first-order valence-electron chi connectivity index (χ1n) is 10.9. The second kappa shape index (κ2) is 9.20. The number of ether oxygens (including phenoxy) is 1. The lowest BCUT2D eigenvalue weighted by Crippen LogP contribution is -2.49. The monoisotopic (exact) mass is 421 g/mol. The molecule has 2 aromatic carbocycles. The maximum atomic E-state index is 14.0. The molecule has 3 atom stereocenters. The lowest BCUT2D eigenvalue weighted by Gasteiger charge is -2.43. The third-order valence-electron chi connectivity index (χ3n) is 6.59. The van der Waals surface area contributed by atoms with Gasteiger partial charge in [-0.15, -0.1) is 0 Å². The number of hydrogen-bond donors (Lipinski definition) is 0. The molecule has 6 heteroatoms. The summed E-state index contributed by atoms with van der Waals surface area (Å²) >= 11 is 0. The minimum atomic E-state index is -0.436. The maximum absolute atomic E-state index is 14.0. The molecule has 1 fully saturated rings. The van der Waals surface area contributed by atoms with Crippen molar-refractivity contribution >= 4 is 11.8 Å². The Balaban J connectivity index is 1.79. The van der Waals surface area contributed by atoms with Crippen molar-refractivity contribution in [3.8, 4) is 0 Å². The van der Waals surface area contributed by atoms with Crippen LogP contribution in [0.4, 0.5) is 0 Å². The second-order valence-corrected chi connectivity index (χ2v) is 8.60. The van der Waals surface area contributed by atoms with Gasteiger partial charge in [0.25, 0.3) is 5.91 Å². The van der Waals surface area contributed by atoms with Crippen LogP contribution >= 0.6 is 0 Å². The highest BCUT2D eigenvalue weighted by molar-refractivity contribution is 6.01. The summed E-state index contributed by atoms with van der Waals surface area (Å²) in [5.74, 6) is -0.382. The third-order valence-corrected chi connectivity index (χ3v) is 6.59. The highest BCUT2D eigenvalue weighted by atomic mass is 16.5. The number of rotatable bonds is 6. The third kappa shape index (κ3) is 4.10. The van der Waals surface area contributed by atoms with E-state index in [2.05, 4.69) is 19.0 Å². The molecule has 3 unspecified atom stereocenters. The van der Waals surface area contributed by atoms with E-state index in [1.54, 1.807) is 7.11 Å². The summed E-state index contributed by atoms with van der Waals surface area (Å²) in [6.07, 6.45) is 0.968. The molecule has 0 bridgehead atoms. The van der Waals surface area contributed by atoms with E-state index in [0.717, 1.165) is 30.6 Å². The molecule has 2 aliphatic rings. The number of carbonyl (C=O) groups is 2. The summed E-state index contributed by atoms with van der Waals surface area (Å²) in [6, 6.07) is 17.5. The largest absolute Gasteiger partial charge is 0.383 e. The Morgan fingerprint density at radius 2 is 1.81 bits per heavy atom. The minimum absolute atomic E-state index is 0.0434. The van der Waals surface area contributed by atoms with Crippen molar-refractivity contribution in [2.24, 2.45) is 0 Å². The average molecular weight is 422 g/mol. The molecule has 0 radical (unpaired) electrons. The first kappa shape index (κ1) is 21.5. The van der Waals surface area contributed by atoms with E-state index in [4.69, 9.17) is 4.74 Å². The molecule has 2 aliphatic heterocycles. The number of nitrogens with zero attached hydrogens (tertiary/aromatic N) is 3. The first-order valence-corrected chi connectivity index (χ1v) is 10.9. The van der Waals surface area contributed by atoms with Gasteiger partial charge in [0, 0.05) is 38.3 Å². The van der Waals surface area contributed by atoms with Gasteiger partial charge in [-0.05, 0) is 37.7 Å². The Bertz CT molecular complexity index is 931. The van der Waals surface area contributed by atoms with E-state index < -0.39 is 5.92 Å². The summed E-state index contributed by atoms with van der Waals surface area (Å²) in [4.78, 5) is 33.4. The predicted molar refractivity (Wildman–Crippen MR) is 120 cm³/mol. The van der Waals surface area contributed by atoms with Crippen LogP contribution in [0.15, 0.2) is 54.6 Å². The van der Waals surface area contributed by atoms with E-state index in [1.807, 2.05) is 64.4 Å². The maximum Gasteiger partial charge on any atom is 0.254 e. The zero-order valence-corrected chi connectivity index (χ0v) is 18.5. The van der Waals surface area contributed by atoms with Gasteiger partial charge in [0.1, 0.15) is 0 Å². The number of benzene rings is 2. The Labute approximate surface area is 184 Å². The van der Waals surface area contributed by atoms with E-state index in [1.165, 1.54) is 0 Å². The van der Waals surface area contributed by atoms with Crippen molar-refractivity contribution in [2.45, 2.75) is 24.4 Å². The molecule has 2 heterocycles. The Morgan fingerprint density at radius 1 is 1.10 bits per heavy atom. The smallest absolute Gasteiger partial charge is 0.254 e. The molecule has 0 aliphatic carbocycles. The van der Waals surface area contributed by atoms with Gasteiger partial charge in [-0.1, -0.05) is 48.5 Å². The normalized spacial score (nSPS) is 23.4. The molecule has 0 spiro atoms. The molecule has 0 saturated carbocycles. The number of carbonyl (C=O) groups excluding carboxylic acids is 2. The van der Waals surface area contributed by atoms with Crippen molar-refractivity contribution < 1.29 is 14.3 Å². The number of methoxy groups -OCH3 is 1. The Kier molecular flexibility index (Phi) is 6.39.